The number of halogens is 1. The Balaban J connectivity index is 1.42. The molecule has 0 saturated heterocycles. The molecule has 0 saturated carbocycles. The minimum absolute atomic E-state index is 0.376. The van der Waals surface area contributed by atoms with Crippen molar-refractivity contribution in [1.82, 2.24) is 14.9 Å². The van der Waals surface area contributed by atoms with E-state index in [1.54, 1.807) is 17.4 Å². The van der Waals surface area contributed by atoms with Gasteiger partial charge in [-0.25, -0.2) is 14.8 Å². The summed E-state index contributed by atoms with van der Waals surface area (Å²) in [5.74, 6) is 0.778. The maximum Gasteiger partial charge on any atom is 0.342 e. The number of benzene rings is 1. The van der Waals surface area contributed by atoms with Gasteiger partial charge in [-0.15, -0.1) is 11.3 Å². The van der Waals surface area contributed by atoms with Crippen molar-refractivity contribution in [3.63, 3.8) is 0 Å². The summed E-state index contributed by atoms with van der Waals surface area (Å²) in [5.41, 5.74) is 2.80. The van der Waals surface area contributed by atoms with E-state index in [1.165, 1.54) is 0 Å². The molecule has 0 amide bonds. The predicted octanol–water partition coefficient (Wildman–Crippen LogP) is 4.52. The molecular weight excluding hydrogens is 394 g/mol. The molecule has 140 valence electrons. The van der Waals surface area contributed by atoms with Crippen LogP contribution in [0, 0.1) is 0 Å². The standard InChI is InChI=1S/C21H16ClN3O2S/c22-19-14-4-1-2-5-17(14)27-21(26)15(19)12-25-8-7-16-13(11-25)10-23-20(24-16)18-6-3-9-28-18/h1-6,9-10H,7-8,11-12H2. The summed E-state index contributed by atoms with van der Waals surface area (Å²) in [7, 11) is 0. The molecule has 0 fully saturated rings. The molecule has 0 radical (unpaired) electrons. The van der Waals surface area contributed by atoms with Crippen LogP contribution in [0.2, 0.25) is 5.02 Å². The lowest BCUT2D eigenvalue weighted by atomic mass is 10.1. The van der Waals surface area contributed by atoms with Gasteiger partial charge in [0.05, 0.1) is 21.2 Å². The van der Waals surface area contributed by atoms with Crippen LogP contribution in [-0.4, -0.2) is 21.4 Å². The van der Waals surface area contributed by atoms with E-state index in [0.717, 1.165) is 40.3 Å². The van der Waals surface area contributed by atoms with Gasteiger partial charge >= 0.3 is 5.63 Å². The third-order valence-corrected chi connectivity index (χ3v) is 6.27. The Morgan fingerprint density at radius 2 is 2.11 bits per heavy atom. The van der Waals surface area contributed by atoms with Crippen molar-refractivity contribution in [1.29, 1.82) is 0 Å². The topological polar surface area (TPSA) is 59.2 Å². The van der Waals surface area contributed by atoms with Gasteiger partial charge in [-0.3, -0.25) is 4.90 Å². The molecule has 5 rings (SSSR count). The van der Waals surface area contributed by atoms with E-state index < -0.39 is 0 Å². The van der Waals surface area contributed by atoms with Crippen LogP contribution in [0.15, 0.2) is 57.2 Å². The van der Waals surface area contributed by atoms with Gasteiger partial charge in [-0.1, -0.05) is 29.8 Å². The Hall–Kier alpha value is -2.54. The predicted molar refractivity (Wildman–Crippen MR) is 111 cm³/mol. The maximum atomic E-state index is 12.4. The van der Waals surface area contributed by atoms with E-state index >= 15 is 0 Å². The Bertz CT molecular complexity index is 1220. The minimum Gasteiger partial charge on any atom is -0.422 e. The fraction of sp³-hybridized carbons (Fsp3) is 0.190. The molecule has 4 heterocycles. The summed E-state index contributed by atoms with van der Waals surface area (Å²) < 4.78 is 5.45. The van der Waals surface area contributed by atoms with E-state index in [2.05, 4.69) is 9.88 Å². The van der Waals surface area contributed by atoms with Gasteiger partial charge in [-0.05, 0) is 23.6 Å². The number of thiophene rings is 1. The van der Waals surface area contributed by atoms with Crippen molar-refractivity contribution in [3.05, 3.63) is 80.2 Å². The number of para-hydroxylation sites is 1. The first-order chi connectivity index (χ1) is 13.7. The molecule has 0 unspecified atom stereocenters. The van der Waals surface area contributed by atoms with Crippen LogP contribution in [0.3, 0.4) is 0 Å². The van der Waals surface area contributed by atoms with Crippen LogP contribution in [0.25, 0.3) is 21.7 Å². The molecule has 0 N–H and O–H groups in total. The highest BCUT2D eigenvalue weighted by Crippen LogP contribution is 2.28. The molecule has 28 heavy (non-hydrogen) atoms. The van der Waals surface area contributed by atoms with E-state index in [-0.39, 0.29) is 5.63 Å². The lowest BCUT2D eigenvalue weighted by Crippen LogP contribution is -2.32. The van der Waals surface area contributed by atoms with Crippen LogP contribution in [0.1, 0.15) is 16.8 Å². The quantitative estimate of drug-likeness (QED) is 0.465. The molecule has 1 aliphatic heterocycles. The van der Waals surface area contributed by atoms with E-state index in [0.29, 0.717) is 29.3 Å². The summed E-state index contributed by atoms with van der Waals surface area (Å²) in [6.45, 7) is 1.93. The number of rotatable bonds is 3. The van der Waals surface area contributed by atoms with Crippen molar-refractivity contribution in [2.75, 3.05) is 6.54 Å². The summed E-state index contributed by atoms with van der Waals surface area (Å²) in [6.07, 6.45) is 2.71. The Morgan fingerprint density at radius 1 is 1.21 bits per heavy atom. The third kappa shape index (κ3) is 3.13. The SMILES string of the molecule is O=c1oc2ccccc2c(Cl)c1CN1CCc2nc(-c3cccs3)ncc2C1. The van der Waals surface area contributed by atoms with Gasteiger partial charge in [0.25, 0.3) is 0 Å². The van der Waals surface area contributed by atoms with Gasteiger partial charge in [0, 0.05) is 43.2 Å². The lowest BCUT2D eigenvalue weighted by Gasteiger charge is -2.28. The number of aromatic nitrogens is 2. The summed E-state index contributed by atoms with van der Waals surface area (Å²) in [6, 6.07) is 11.4. The minimum atomic E-state index is -0.376. The second-order valence-corrected chi connectivity index (χ2v) is 8.11. The lowest BCUT2D eigenvalue weighted by molar-refractivity contribution is 0.240. The summed E-state index contributed by atoms with van der Waals surface area (Å²) >= 11 is 8.17. The molecule has 3 aromatic heterocycles. The molecule has 4 aromatic rings. The second kappa shape index (κ2) is 7.13. The first kappa shape index (κ1) is 17.6. The molecule has 1 aliphatic rings. The van der Waals surface area contributed by atoms with Crippen LogP contribution >= 0.6 is 22.9 Å². The van der Waals surface area contributed by atoms with Crippen LogP contribution in [-0.2, 0) is 19.5 Å². The number of fused-ring (bicyclic) bond motifs is 2. The average Bonchev–Trinajstić information content (AvgIpc) is 3.25. The van der Waals surface area contributed by atoms with Crippen molar-refractivity contribution in [2.24, 2.45) is 0 Å². The second-order valence-electron chi connectivity index (χ2n) is 6.78. The van der Waals surface area contributed by atoms with Crippen LogP contribution < -0.4 is 5.63 Å². The molecule has 5 nitrogen and oxygen atoms in total. The molecule has 0 aliphatic carbocycles. The molecule has 7 heteroatoms. The molecule has 0 bridgehead atoms. The monoisotopic (exact) mass is 409 g/mol. The largest absolute Gasteiger partial charge is 0.422 e. The Labute approximate surface area is 170 Å². The molecule has 1 aromatic carbocycles. The smallest absolute Gasteiger partial charge is 0.342 e. The van der Waals surface area contributed by atoms with Gasteiger partial charge in [0.2, 0.25) is 0 Å². The normalized spacial score (nSPS) is 14.3. The van der Waals surface area contributed by atoms with Crippen molar-refractivity contribution < 1.29 is 4.42 Å². The zero-order valence-electron chi connectivity index (χ0n) is 14.9. The van der Waals surface area contributed by atoms with Crippen molar-refractivity contribution in [2.45, 2.75) is 19.5 Å². The van der Waals surface area contributed by atoms with Gasteiger partial charge < -0.3 is 4.42 Å². The number of hydrogen-bond donors (Lipinski definition) is 0. The maximum absolute atomic E-state index is 12.4. The van der Waals surface area contributed by atoms with Gasteiger partial charge in [-0.2, -0.15) is 0 Å². The van der Waals surface area contributed by atoms with E-state index in [9.17, 15) is 4.79 Å². The summed E-state index contributed by atoms with van der Waals surface area (Å²) in [5, 5.41) is 3.26. The van der Waals surface area contributed by atoms with Crippen LogP contribution in [0.5, 0.6) is 0 Å². The van der Waals surface area contributed by atoms with Gasteiger partial charge in [0.1, 0.15) is 5.58 Å². The van der Waals surface area contributed by atoms with E-state index in [1.807, 2.05) is 41.9 Å². The zero-order valence-corrected chi connectivity index (χ0v) is 16.5. The first-order valence-electron chi connectivity index (χ1n) is 9.00. The van der Waals surface area contributed by atoms with Crippen molar-refractivity contribution in [3.8, 4) is 10.7 Å². The highest BCUT2D eigenvalue weighted by molar-refractivity contribution is 7.13. The number of nitrogens with zero attached hydrogens (tertiary/aromatic N) is 3. The van der Waals surface area contributed by atoms with Crippen molar-refractivity contribution >= 4 is 33.9 Å². The number of hydrogen-bond acceptors (Lipinski definition) is 6. The third-order valence-electron chi connectivity index (χ3n) is 4.97. The molecule has 0 spiro atoms. The van der Waals surface area contributed by atoms with Crippen LogP contribution in [0.4, 0.5) is 0 Å². The Kier molecular flexibility index (Phi) is 4.47. The molecule has 0 atom stereocenters. The average molecular weight is 410 g/mol. The Morgan fingerprint density at radius 3 is 2.96 bits per heavy atom. The summed E-state index contributed by atoms with van der Waals surface area (Å²) in [4.78, 5) is 25.0. The highest BCUT2D eigenvalue weighted by Gasteiger charge is 2.22. The highest BCUT2D eigenvalue weighted by atomic mass is 35.5. The first-order valence-corrected chi connectivity index (χ1v) is 10.3. The zero-order chi connectivity index (χ0) is 19.1. The molecular formula is C21H16ClN3O2S. The fourth-order valence-electron chi connectivity index (χ4n) is 3.54. The fourth-order valence-corrected chi connectivity index (χ4v) is 4.50. The van der Waals surface area contributed by atoms with E-state index in [4.69, 9.17) is 21.0 Å². The van der Waals surface area contributed by atoms with Gasteiger partial charge in [0.15, 0.2) is 5.82 Å².